The molecule has 8 heteroatoms. The normalized spacial score (nSPS) is 12.0. The second-order valence-corrected chi connectivity index (χ2v) is 7.18. The lowest BCUT2D eigenvalue weighted by molar-refractivity contribution is -0.123. The number of aryl methyl sites for hydroxylation is 1. The number of nitrogens with one attached hydrogen (secondary N) is 1. The van der Waals surface area contributed by atoms with Gasteiger partial charge in [0, 0.05) is 12.2 Å². The van der Waals surface area contributed by atoms with Crippen LogP contribution in [0.15, 0.2) is 24.3 Å². The monoisotopic (exact) mass is 407 g/mol. The maximum Gasteiger partial charge on any atom is 0.343 e. The summed E-state index contributed by atoms with van der Waals surface area (Å²) in [6.07, 6.45) is -0.997. The molecule has 1 heterocycles. The Morgan fingerprint density at radius 3 is 2.43 bits per heavy atom. The summed E-state index contributed by atoms with van der Waals surface area (Å²) in [5, 5.41) is 7.21. The van der Waals surface area contributed by atoms with Crippen molar-refractivity contribution in [2.45, 2.75) is 47.3 Å². The Morgan fingerprint density at radius 2 is 1.86 bits per heavy atom. The van der Waals surface area contributed by atoms with Gasteiger partial charge in [-0.3, -0.25) is 9.48 Å². The van der Waals surface area contributed by atoms with Crippen LogP contribution in [0.25, 0.3) is 0 Å². The molecule has 1 amide bonds. The minimum absolute atomic E-state index is 0.183. The molecule has 0 saturated carbocycles. The zero-order chi connectivity index (χ0) is 20.8. The Hall–Kier alpha value is -2.54. The van der Waals surface area contributed by atoms with E-state index in [0.29, 0.717) is 36.2 Å². The van der Waals surface area contributed by atoms with E-state index in [1.165, 1.54) is 6.92 Å². The number of aromatic nitrogens is 2. The van der Waals surface area contributed by atoms with Gasteiger partial charge in [-0.2, -0.15) is 5.10 Å². The van der Waals surface area contributed by atoms with E-state index >= 15 is 0 Å². The van der Waals surface area contributed by atoms with Crippen molar-refractivity contribution in [2.24, 2.45) is 5.92 Å². The van der Waals surface area contributed by atoms with Crippen molar-refractivity contribution < 1.29 is 19.1 Å². The Bertz CT molecular complexity index is 831. The van der Waals surface area contributed by atoms with Crippen molar-refractivity contribution in [3.63, 3.8) is 0 Å². The minimum Gasteiger partial charge on any atom is -0.494 e. The molecule has 152 valence electrons. The molecule has 0 fully saturated rings. The molecule has 0 unspecified atom stereocenters. The van der Waals surface area contributed by atoms with Gasteiger partial charge in [-0.25, -0.2) is 4.79 Å². The van der Waals surface area contributed by atoms with Gasteiger partial charge in [0.1, 0.15) is 16.5 Å². The second-order valence-electron chi connectivity index (χ2n) is 6.82. The average molecular weight is 408 g/mol. The van der Waals surface area contributed by atoms with Gasteiger partial charge in [-0.15, -0.1) is 0 Å². The van der Waals surface area contributed by atoms with Crippen molar-refractivity contribution in [3.05, 3.63) is 40.7 Å². The number of ether oxygens (including phenoxy) is 2. The highest BCUT2D eigenvalue weighted by Gasteiger charge is 2.26. The van der Waals surface area contributed by atoms with Crippen molar-refractivity contribution in [2.75, 3.05) is 11.9 Å². The lowest BCUT2D eigenvalue weighted by Crippen LogP contribution is -2.30. The van der Waals surface area contributed by atoms with Crippen LogP contribution in [0.4, 0.5) is 5.69 Å². The molecule has 28 heavy (non-hydrogen) atoms. The van der Waals surface area contributed by atoms with Crippen LogP contribution in [0.5, 0.6) is 5.75 Å². The van der Waals surface area contributed by atoms with Gasteiger partial charge in [0.05, 0.1) is 12.3 Å². The van der Waals surface area contributed by atoms with Crippen molar-refractivity contribution >= 4 is 29.2 Å². The summed E-state index contributed by atoms with van der Waals surface area (Å²) < 4.78 is 12.2. The molecular weight excluding hydrogens is 382 g/mol. The first kappa shape index (κ1) is 21.8. The number of halogens is 1. The molecule has 0 saturated heterocycles. The highest BCUT2D eigenvalue weighted by molar-refractivity contribution is 6.32. The van der Waals surface area contributed by atoms with E-state index in [9.17, 15) is 9.59 Å². The van der Waals surface area contributed by atoms with Crippen molar-refractivity contribution in [1.82, 2.24) is 9.78 Å². The number of hydrogen-bond acceptors (Lipinski definition) is 5. The predicted octanol–water partition coefficient (Wildman–Crippen LogP) is 4.08. The molecule has 1 N–H and O–H groups in total. The molecule has 0 aliphatic carbocycles. The Balaban J connectivity index is 2.01. The topological polar surface area (TPSA) is 82.4 Å². The van der Waals surface area contributed by atoms with Crippen LogP contribution in [-0.4, -0.2) is 34.4 Å². The number of carbonyl (C=O) groups is 2. The van der Waals surface area contributed by atoms with E-state index in [-0.39, 0.29) is 10.7 Å². The summed E-state index contributed by atoms with van der Waals surface area (Å²) in [4.78, 5) is 24.8. The van der Waals surface area contributed by atoms with E-state index in [1.54, 1.807) is 35.9 Å². The zero-order valence-electron chi connectivity index (χ0n) is 16.8. The fourth-order valence-corrected chi connectivity index (χ4v) is 2.89. The fraction of sp³-hybridized carbons (Fsp3) is 0.450. The Morgan fingerprint density at radius 1 is 1.21 bits per heavy atom. The third-order valence-electron chi connectivity index (χ3n) is 3.89. The van der Waals surface area contributed by atoms with Gasteiger partial charge in [-0.05, 0) is 51.0 Å². The lowest BCUT2D eigenvalue weighted by Gasteiger charge is -2.14. The molecule has 0 aliphatic heterocycles. The predicted molar refractivity (Wildman–Crippen MR) is 108 cm³/mol. The highest BCUT2D eigenvalue weighted by atomic mass is 35.5. The van der Waals surface area contributed by atoms with Gasteiger partial charge in [0.2, 0.25) is 0 Å². The number of nitrogens with zero attached hydrogens (tertiary/aromatic N) is 2. The maximum absolute atomic E-state index is 12.5. The standard InChI is InChI=1S/C20H26ClN3O4/c1-6-27-16-9-7-15(8-10-16)22-19(25)14(5)28-20(26)17-13(4)23-24(18(17)21)11-12(2)3/h7-10,12,14H,6,11H2,1-5H3,(H,22,25)/t14-/m1/s1. The summed E-state index contributed by atoms with van der Waals surface area (Å²) in [5.41, 5.74) is 1.23. The summed E-state index contributed by atoms with van der Waals surface area (Å²) in [7, 11) is 0. The third-order valence-corrected chi connectivity index (χ3v) is 4.28. The summed E-state index contributed by atoms with van der Waals surface area (Å²) in [6.45, 7) is 10.3. The second kappa shape index (κ2) is 9.59. The van der Waals surface area contributed by atoms with Gasteiger partial charge in [-0.1, -0.05) is 25.4 Å². The molecule has 1 aromatic heterocycles. The number of carbonyl (C=O) groups excluding carboxylic acids is 2. The molecule has 0 bridgehead atoms. The number of anilines is 1. The van der Waals surface area contributed by atoms with E-state index in [0.717, 1.165) is 0 Å². The van der Waals surface area contributed by atoms with Gasteiger partial charge < -0.3 is 14.8 Å². The van der Waals surface area contributed by atoms with E-state index in [4.69, 9.17) is 21.1 Å². The first-order chi connectivity index (χ1) is 13.2. The number of benzene rings is 1. The number of hydrogen-bond donors (Lipinski definition) is 1. The average Bonchev–Trinajstić information content (AvgIpc) is 2.89. The summed E-state index contributed by atoms with van der Waals surface area (Å²) in [5.74, 6) is -0.0873. The van der Waals surface area contributed by atoms with E-state index in [2.05, 4.69) is 10.4 Å². The van der Waals surface area contributed by atoms with Crippen LogP contribution in [0.2, 0.25) is 5.15 Å². The first-order valence-corrected chi connectivity index (χ1v) is 9.58. The smallest absolute Gasteiger partial charge is 0.343 e. The van der Waals surface area contributed by atoms with Crippen LogP contribution < -0.4 is 10.1 Å². The minimum atomic E-state index is -0.997. The first-order valence-electron chi connectivity index (χ1n) is 9.20. The highest BCUT2D eigenvalue weighted by Crippen LogP contribution is 2.22. The van der Waals surface area contributed by atoms with Crippen molar-refractivity contribution in [3.8, 4) is 5.75 Å². The molecule has 7 nitrogen and oxygen atoms in total. The van der Waals surface area contributed by atoms with Crippen LogP contribution in [0, 0.1) is 12.8 Å². The SMILES string of the molecule is CCOc1ccc(NC(=O)[C@@H](C)OC(=O)c2c(C)nn(CC(C)C)c2Cl)cc1. The number of esters is 1. The molecule has 2 rings (SSSR count). The molecular formula is C20H26ClN3O4. The van der Waals surface area contributed by atoms with Gasteiger partial charge in [0.15, 0.2) is 6.10 Å². The quantitative estimate of drug-likeness (QED) is 0.666. The van der Waals surface area contributed by atoms with Crippen LogP contribution in [-0.2, 0) is 16.1 Å². The molecule has 2 aromatic rings. The van der Waals surface area contributed by atoms with Crippen LogP contribution >= 0.6 is 11.6 Å². The van der Waals surface area contributed by atoms with Gasteiger partial charge in [0.25, 0.3) is 5.91 Å². The summed E-state index contributed by atoms with van der Waals surface area (Å²) in [6, 6.07) is 6.94. The maximum atomic E-state index is 12.5. The number of rotatable bonds is 8. The van der Waals surface area contributed by atoms with E-state index < -0.39 is 18.0 Å². The largest absolute Gasteiger partial charge is 0.494 e. The van der Waals surface area contributed by atoms with Crippen molar-refractivity contribution in [1.29, 1.82) is 0 Å². The molecule has 0 spiro atoms. The Labute approximate surface area is 170 Å². The van der Waals surface area contributed by atoms with Crippen LogP contribution in [0.1, 0.15) is 43.7 Å². The molecule has 0 aliphatic rings. The summed E-state index contributed by atoms with van der Waals surface area (Å²) >= 11 is 6.29. The molecule has 1 aromatic carbocycles. The Kier molecular flexibility index (Phi) is 7.45. The van der Waals surface area contributed by atoms with E-state index in [1.807, 2.05) is 20.8 Å². The van der Waals surface area contributed by atoms with Crippen LogP contribution in [0.3, 0.4) is 0 Å². The number of amides is 1. The molecule has 0 radical (unpaired) electrons. The fourth-order valence-electron chi connectivity index (χ4n) is 2.57. The molecule has 1 atom stereocenters. The van der Waals surface area contributed by atoms with Gasteiger partial charge >= 0.3 is 5.97 Å². The lowest BCUT2D eigenvalue weighted by atomic mass is 10.2. The third kappa shape index (κ3) is 5.48. The zero-order valence-corrected chi connectivity index (χ0v) is 17.5.